The number of fused-ring (bicyclic) bond motifs is 1. The van der Waals surface area contributed by atoms with Crippen LogP contribution in [-0.2, 0) is 10.0 Å². The molecule has 5 nitrogen and oxygen atoms in total. The average molecular weight is 404 g/mol. The lowest BCUT2D eigenvalue weighted by molar-refractivity contribution is 0.556. The van der Waals surface area contributed by atoms with Gasteiger partial charge in [-0.05, 0) is 19.1 Å². The Kier molecular flexibility index (Phi) is 3.62. The SMILES string of the molecule is CC1(S(=O)(=O)n2ccc3cc[nH]c(=O)c32)C=CC(Br)=CC1Cl. The molecule has 2 aromatic heterocycles. The highest BCUT2D eigenvalue weighted by atomic mass is 79.9. The topological polar surface area (TPSA) is 71.9 Å². The van der Waals surface area contributed by atoms with Crippen molar-refractivity contribution >= 4 is 48.5 Å². The zero-order chi connectivity index (χ0) is 16.1. The second-order valence-electron chi connectivity index (χ2n) is 5.20. The molecule has 1 aliphatic rings. The van der Waals surface area contributed by atoms with Gasteiger partial charge >= 0.3 is 0 Å². The molecule has 0 aromatic carbocycles. The summed E-state index contributed by atoms with van der Waals surface area (Å²) >= 11 is 9.56. The molecule has 116 valence electrons. The first-order valence-corrected chi connectivity index (χ1v) is 9.09. The van der Waals surface area contributed by atoms with Gasteiger partial charge in [0.2, 0.25) is 10.0 Å². The van der Waals surface area contributed by atoms with E-state index in [4.69, 9.17) is 11.6 Å². The van der Waals surface area contributed by atoms with E-state index in [0.717, 1.165) is 8.45 Å². The number of alkyl halides is 1. The van der Waals surface area contributed by atoms with Crippen molar-refractivity contribution in [2.75, 3.05) is 0 Å². The van der Waals surface area contributed by atoms with E-state index in [9.17, 15) is 13.2 Å². The monoisotopic (exact) mass is 402 g/mol. The van der Waals surface area contributed by atoms with Crippen LogP contribution in [-0.4, -0.2) is 27.5 Å². The first-order chi connectivity index (χ1) is 10.3. The maximum absolute atomic E-state index is 13.1. The Labute approximate surface area is 140 Å². The first kappa shape index (κ1) is 15.6. The quantitative estimate of drug-likeness (QED) is 0.784. The summed E-state index contributed by atoms with van der Waals surface area (Å²) in [6.45, 7) is 1.54. The maximum atomic E-state index is 13.1. The summed E-state index contributed by atoms with van der Waals surface area (Å²) in [4.78, 5) is 14.5. The standard InChI is InChI=1S/C14H12BrClN2O3S/c1-14(5-2-10(15)8-11(14)16)22(20,21)18-7-4-9-3-6-17-13(19)12(9)18/h2-8,11H,1H3,(H,17,19). The third-order valence-electron chi connectivity index (χ3n) is 3.82. The van der Waals surface area contributed by atoms with Gasteiger partial charge in [-0.2, -0.15) is 0 Å². The fourth-order valence-corrected chi connectivity index (χ4v) is 5.17. The van der Waals surface area contributed by atoms with Crippen LogP contribution in [0.3, 0.4) is 0 Å². The van der Waals surface area contributed by atoms with Gasteiger partial charge in [0.25, 0.3) is 5.56 Å². The van der Waals surface area contributed by atoms with Crippen LogP contribution < -0.4 is 5.56 Å². The molecule has 0 saturated heterocycles. The summed E-state index contributed by atoms with van der Waals surface area (Å²) in [6.07, 6.45) is 7.66. The number of hydrogen-bond acceptors (Lipinski definition) is 3. The highest BCUT2D eigenvalue weighted by Crippen LogP contribution is 2.36. The van der Waals surface area contributed by atoms with Gasteiger partial charge in [-0.1, -0.05) is 34.2 Å². The van der Waals surface area contributed by atoms with Crippen molar-refractivity contribution < 1.29 is 8.42 Å². The molecule has 22 heavy (non-hydrogen) atoms. The Hall–Kier alpha value is -1.31. The van der Waals surface area contributed by atoms with Crippen molar-refractivity contribution in [3.05, 3.63) is 57.6 Å². The zero-order valence-electron chi connectivity index (χ0n) is 11.5. The number of nitrogens with one attached hydrogen (secondary N) is 1. The van der Waals surface area contributed by atoms with Gasteiger partial charge in [0.05, 0.1) is 5.38 Å². The molecule has 1 N–H and O–H groups in total. The van der Waals surface area contributed by atoms with Gasteiger partial charge < -0.3 is 4.98 Å². The summed E-state index contributed by atoms with van der Waals surface area (Å²) < 4.78 is 26.5. The highest BCUT2D eigenvalue weighted by molar-refractivity contribution is 9.11. The van der Waals surface area contributed by atoms with E-state index in [2.05, 4.69) is 20.9 Å². The average Bonchev–Trinajstić information content (AvgIpc) is 2.89. The number of aromatic nitrogens is 2. The van der Waals surface area contributed by atoms with Gasteiger partial charge in [0, 0.05) is 22.3 Å². The number of rotatable bonds is 2. The smallest absolute Gasteiger partial charge is 0.273 e. The summed E-state index contributed by atoms with van der Waals surface area (Å²) in [7, 11) is -3.93. The van der Waals surface area contributed by atoms with Gasteiger partial charge in [-0.3, -0.25) is 4.79 Å². The van der Waals surface area contributed by atoms with Crippen molar-refractivity contribution in [1.29, 1.82) is 0 Å². The Bertz CT molecular complexity index is 973. The fraction of sp³-hybridized carbons (Fsp3) is 0.214. The molecule has 2 unspecified atom stereocenters. The van der Waals surface area contributed by atoms with E-state index in [1.807, 2.05) is 0 Å². The fourth-order valence-electron chi connectivity index (χ4n) is 2.41. The summed E-state index contributed by atoms with van der Waals surface area (Å²) in [5.74, 6) is 0. The molecule has 0 bridgehead atoms. The number of halogens is 2. The van der Waals surface area contributed by atoms with E-state index in [1.165, 1.54) is 25.4 Å². The third kappa shape index (κ3) is 2.11. The summed E-state index contributed by atoms with van der Waals surface area (Å²) in [5, 5.41) is -0.212. The van der Waals surface area contributed by atoms with E-state index in [-0.39, 0.29) is 5.52 Å². The number of aromatic amines is 1. The normalized spacial score (nSPS) is 25.4. The van der Waals surface area contributed by atoms with Crippen LogP contribution in [0, 0.1) is 0 Å². The molecule has 2 aromatic rings. The number of hydrogen-bond donors (Lipinski definition) is 1. The predicted molar refractivity (Wildman–Crippen MR) is 91.1 cm³/mol. The minimum atomic E-state index is -3.93. The number of H-pyrrole nitrogens is 1. The molecule has 3 rings (SSSR count). The highest BCUT2D eigenvalue weighted by Gasteiger charge is 2.45. The lowest BCUT2D eigenvalue weighted by atomic mass is 10.0. The van der Waals surface area contributed by atoms with Crippen LogP contribution in [0.5, 0.6) is 0 Å². The van der Waals surface area contributed by atoms with E-state index < -0.39 is 25.7 Å². The minimum Gasteiger partial charge on any atom is -0.327 e. The van der Waals surface area contributed by atoms with Crippen LogP contribution in [0.2, 0.25) is 0 Å². The van der Waals surface area contributed by atoms with E-state index in [1.54, 1.807) is 24.3 Å². The van der Waals surface area contributed by atoms with Crippen LogP contribution in [0.4, 0.5) is 0 Å². The molecule has 0 saturated carbocycles. The molecule has 0 radical (unpaired) electrons. The molecule has 0 spiro atoms. The van der Waals surface area contributed by atoms with Crippen molar-refractivity contribution in [3.8, 4) is 0 Å². The van der Waals surface area contributed by atoms with Crippen molar-refractivity contribution in [3.63, 3.8) is 0 Å². The Morgan fingerprint density at radius 3 is 2.82 bits per heavy atom. The number of pyridine rings is 1. The largest absolute Gasteiger partial charge is 0.327 e. The van der Waals surface area contributed by atoms with Crippen molar-refractivity contribution in [2.45, 2.75) is 17.0 Å². The Morgan fingerprint density at radius 1 is 1.41 bits per heavy atom. The molecule has 2 atom stereocenters. The number of nitrogens with zero attached hydrogens (tertiary/aromatic N) is 1. The molecule has 0 fully saturated rings. The predicted octanol–water partition coefficient (Wildman–Crippen LogP) is 2.72. The lowest BCUT2D eigenvalue weighted by Gasteiger charge is -2.31. The van der Waals surface area contributed by atoms with Crippen molar-refractivity contribution in [1.82, 2.24) is 8.96 Å². The van der Waals surface area contributed by atoms with Crippen LogP contribution in [0.15, 0.2) is 52.0 Å². The van der Waals surface area contributed by atoms with Gasteiger partial charge in [-0.15, -0.1) is 11.6 Å². The molecule has 1 aliphatic carbocycles. The second-order valence-corrected chi connectivity index (χ2v) is 8.81. The Balaban J connectivity index is 2.26. The summed E-state index contributed by atoms with van der Waals surface area (Å²) in [6, 6.07) is 3.24. The molecule has 8 heteroatoms. The van der Waals surface area contributed by atoms with E-state index in [0.29, 0.717) is 5.39 Å². The molecule has 0 amide bonds. The van der Waals surface area contributed by atoms with Crippen molar-refractivity contribution in [2.24, 2.45) is 0 Å². The molecule has 2 heterocycles. The van der Waals surface area contributed by atoms with Crippen LogP contribution in [0.1, 0.15) is 6.92 Å². The maximum Gasteiger partial charge on any atom is 0.273 e. The van der Waals surface area contributed by atoms with Gasteiger partial charge in [0.15, 0.2) is 0 Å². The van der Waals surface area contributed by atoms with Gasteiger partial charge in [-0.25, -0.2) is 12.4 Å². The van der Waals surface area contributed by atoms with Crippen LogP contribution >= 0.6 is 27.5 Å². The molecule has 0 aliphatic heterocycles. The third-order valence-corrected chi connectivity index (χ3v) is 7.38. The van der Waals surface area contributed by atoms with Crippen LogP contribution in [0.25, 0.3) is 10.9 Å². The summed E-state index contributed by atoms with van der Waals surface area (Å²) in [5.41, 5.74) is -0.369. The minimum absolute atomic E-state index is 0.0922. The zero-order valence-corrected chi connectivity index (χ0v) is 14.6. The molecular formula is C14H12BrClN2O3S. The first-order valence-electron chi connectivity index (χ1n) is 6.42. The van der Waals surface area contributed by atoms with Gasteiger partial charge in [0.1, 0.15) is 10.3 Å². The molecular weight excluding hydrogens is 392 g/mol. The Morgan fingerprint density at radius 2 is 2.14 bits per heavy atom. The number of allylic oxidation sites excluding steroid dienone is 3. The lowest BCUT2D eigenvalue weighted by Crippen LogP contribution is -2.45. The second kappa shape index (κ2) is 5.11. The van der Waals surface area contributed by atoms with E-state index >= 15 is 0 Å².